The molecule has 4 rings (SSSR count). The monoisotopic (exact) mass is 525 g/mol. The molecule has 1 heterocycles. The zero-order valence-corrected chi connectivity index (χ0v) is 21.9. The molecule has 3 aromatic carbocycles. The van der Waals surface area contributed by atoms with E-state index in [0.29, 0.717) is 34.6 Å². The van der Waals surface area contributed by atoms with Crippen LogP contribution in [0.2, 0.25) is 10.0 Å². The summed E-state index contributed by atoms with van der Waals surface area (Å²) < 4.78 is 5.68. The van der Waals surface area contributed by atoms with Gasteiger partial charge in [-0.25, -0.2) is 0 Å². The minimum absolute atomic E-state index is 0.0755. The molecule has 1 saturated heterocycles. The van der Waals surface area contributed by atoms with Crippen molar-refractivity contribution in [3.63, 3.8) is 0 Å². The van der Waals surface area contributed by atoms with Crippen molar-refractivity contribution >= 4 is 46.4 Å². The van der Waals surface area contributed by atoms with Crippen LogP contribution in [0.15, 0.2) is 66.7 Å². The third kappa shape index (κ3) is 6.31. The predicted octanol–water partition coefficient (Wildman–Crippen LogP) is 5.92. The van der Waals surface area contributed by atoms with Crippen LogP contribution in [0.25, 0.3) is 0 Å². The lowest BCUT2D eigenvalue weighted by Crippen LogP contribution is -2.48. The SMILES string of the molecule is CCc1ccc(C(=O)N2CCN(c3ccc(NC(=O)[C@H](C)Oc4ccc(Cl)cc4Cl)cc3)CC2)cc1. The van der Waals surface area contributed by atoms with Crippen LogP contribution in [0.5, 0.6) is 5.75 Å². The minimum atomic E-state index is -0.743. The second-order valence-electron chi connectivity index (χ2n) is 8.70. The number of hydrogen-bond donors (Lipinski definition) is 1. The summed E-state index contributed by atoms with van der Waals surface area (Å²) in [5, 5.41) is 3.72. The molecule has 2 amide bonds. The fourth-order valence-electron chi connectivity index (χ4n) is 4.05. The fourth-order valence-corrected chi connectivity index (χ4v) is 4.50. The maximum atomic E-state index is 12.8. The van der Waals surface area contributed by atoms with Crippen molar-refractivity contribution in [2.24, 2.45) is 0 Å². The second-order valence-corrected chi connectivity index (χ2v) is 9.54. The highest BCUT2D eigenvalue weighted by molar-refractivity contribution is 6.35. The van der Waals surface area contributed by atoms with Crippen LogP contribution >= 0.6 is 23.2 Å². The molecule has 36 heavy (non-hydrogen) atoms. The lowest BCUT2D eigenvalue weighted by molar-refractivity contribution is -0.122. The lowest BCUT2D eigenvalue weighted by atomic mass is 10.1. The van der Waals surface area contributed by atoms with E-state index in [1.54, 1.807) is 25.1 Å². The van der Waals surface area contributed by atoms with Gasteiger partial charge in [-0.2, -0.15) is 0 Å². The van der Waals surface area contributed by atoms with E-state index in [1.165, 1.54) is 5.56 Å². The molecule has 1 aliphatic rings. The molecule has 1 fully saturated rings. The van der Waals surface area contributed by atoms with E-state index in [0.717, 1.165) is 30.8 Å². The van der Waals surface area contributed by atoms with Gasteiger partial charge >= 0.3 is 0 Å². The first-order valence-electron chi connectivity index (χ1n) is 12.0. The number of hydrogen-bond acceptors (Lipinski definition) is 4. The number of nitrogens with one attached hydrogen (secondary N) is 1. The van der Waals surface area contributed by atoms with Crippen LogP contribution in [0.3, 0.4) is 0 Å². The van der Waals surface area contributed by atoms with Gasteiger partial charge < -0.3 is 19.9 Å². The average Bonchev–Trinajstić information content (AvgIpc) is 2.90. The van der Waals surface area contributed by atoms with E-state index in [-0.39, 0.29) is 11.8 Å². The topological polar surface area (TPSA) is 61.9 Å². The summed E-state index contributed by atoms with van der Waals surface area (Å²) >= 11 is 12.0. The van der Waals surface area contributed by atoms with Crippen molar-refractivity contribution in [1.29, 1.82) is 0 Å². The first-order valence-corrected chi connectivity index (χ1v) is 12.8. The Balaban J connectivity index is 1.28. The molecule has 1 aliphatic heterocycles. The van der Waals surface area contributed by atoms with Gasteiger partial charge in [0.1, 0.15) is 5.75 Å². The van der Waals surface area contributed by atoms with E-state index in [2.05, 4.69) is 17.1 Å². The molecule has 1 atom stereocenters. The number of nitrogens with zero attached hydrogens (tertiary/aromatic N) is 2. The third-order valence-electron chi connectivity index (χ3n) is 6.24. The predicted molar refractivity (Wildman–Crippen MR) is 146 cm³/mol. The normalized spacial score (nSPS) is 14.3. The first-order chi connectivity index (χ1) is 17.3. The van der Waals surface area contributed by atoms with Gasteiger partial charge in [0.25, 0.3) is 11.8 Å². The molecular formula is C28H29Cl2N3O3. The highest BCUT2D eigenvalue weighted by atomic mass is 35.5. The molecule has 0 spiro atoms. The largest absolute Gasteiger partial charge is 0.479 e. The van der Waals surface area contributed by atoms with Gasteiger partial charge in [0, 0.05) is 48.1 Å². The maximum absolute atomic E-state index is 12.8. The van der Waals surface area contributed by atoms with Gasteiger partial charge in [0.15, 0.2) is 6.10 Å². The zero-order valence-electron chi connectivity index (χ0n) is 20.3. The Kier molecular flexibility index (Phi) is 8.39. The Morgan fingerprint density at radius 1 is 0.944 bits per heavy atom. The summed E-state index contributed by atoms with van der Waals surface area (Å²) in [7, 11) is 0. The van der Waals surface area contributed by atoms with Crippen LogP contribution in [-0.2, 0) is 11.2 Å². The summed E-state index contributed by atoms with van der Waals surface area (Å²) in [6.07, 6.45) is 0.216. The second kappa shape index (κ2) is 11.7. The molecule has 188 valence electrons. The Hall–Kier alpha value is -3.22. The molecule has 8 heteroatoms. The van der Waals surface area contributed by atoms with Crippen LogP contribution in [0.4, 0.5) is 11.4 Å². The zero-order chi connectivity index (χ0) is 25.7. The Bertz CT molecular complexity index is 1210. The number of amides is 2. The van der Waals surface area contributed by atoms with Gasteiger partial charge in [0.2, 0.25) is 0 Å². The molecule has 0 unspecified atom stereocenters. The summed E-state index contributed by atoms with van der Waals surface area (Å²) in [5.41, 5.74) is 3.68. The van der Waals surface area contributed by atoms with Crippen molar-refractivity contribution < 1.29 is 14.3 Å². The number of piperazine rings is 1. The van der Waals surface area contributed by atoms with Crippen molar-refractivity contribution in [1.82, 2.24) is 4.90 Å². The van der Waals surface area contributed by atoms with Crippen molar-refractivity contribution in [3.05, 3.63) is 87.9 Å². The van der Waals surface area contributed by atoms with E-state index >= 15 is 0 Å². The molecule has 6 nitrogen and oxygen atoms in total. The Morgan fingerprint density at radius 2 is 1.61 bits per heavy atom. The molecular weight excluding hydrogens is 497 g/mol. The molecule has 0 aromatic heterocycles. The Labute approximate surface area is 221 Å². The highest BCUT2D eigenvalue weighted by Crippen LogP contribution is 2.28. The van der Waals surface area contributed by atoms with E-state index in [9.17, 15) is 9.59 Å². The third-order valence-corrected chi connectivity index (χ3v) is 6.77. The summed E-state index contributed by atoms with van der Waals surface area (Å²) in [6, 6.07) is 20.4. The van der Waals surface area contributed by atoms with E-state index in [4.69, 9.17) is 27.9 Å². The highest BCUT2D eigenvalue weighted by Gasteiger charge is 2.22. The fraction of sp³-hybridized carbons (Fsp3) is 0.286. The van der Waals surface area contributed by atoms with E-state index < -0.39 is 6.10 Å². The first kappa shape index (κ1) is 25.9. The summed E-state index contributed by atoms with van der Waals surface area (Å²) in [4.78, 5) is 29.6. The van der Waals surface area contributed by atoms with Crippen LogP contribution in [0.1, 0.15) is 29.8 Å². The van der Waals surface area contributed by atoms with Gasteiger partial charge in [-0.1, -0.05) is 42.3 Å². The lowest BCUT2D eigenvalue weighted by Gasteiger charge is -2.36. The maximum Gasteiger partial charge on any atom is 0.265 e. The number of carbonyl (C=O) groups excluding carboxylic acids is 2. The smallest absolute Gasteiger partial charge is 0.265 e. The molecule has 1 N–H and O–H groups in total. The Morgan fingerprint density at radius 3 is 2.22 bits per heavy atom. The number of ether oxygens (including phenoxy) is 1. The number of rotatable bonds is 7. The van der Waals surface area contributed by atoms with Crippen molar-refractivity contribution in [2.75, 3.05) is 36.4 Å². The number of carbonyl (C=O) groups is 2. The van der Waals surface area contributed by atoms with Gasteiger partial charge in [-0.15, -0.1) is 0 Å². The van der Waals surface area contributed by atoms with Gasteiger partial charge in [-0.05, 0) is 73.5 Å². The number of anilines is 2. The molecule has 0 aliphatic carbocycles. The minimum Gasteiger partial charge on any atom is -0.479 e. The van der Waals surface area contributed by atoms with Gasteiger partial charge in [0.05, 0.1) is 5.02 Å². The van der Waals surface area contributed by atoms with E-state index in [1.807, 2.05) is 53.4 Å². The molecule has 0 bridgehead atoms. The number of aryl methyl sites for hydroxylation is 1. The molecule has 0 saturated carbocycles. The molecule has 3 aromatic rings. The quantitative estimate of drug-likeness (QED) is 0.415. The number of benzene rings is 3. The van der Waals surface area contributed by atoms with Crippen LogP contribution in [0, 0.1) is 0 Å². The van der Waals surface area contributed by atoms with Crippen molar-refractivity contribution in [3.8, 4) is 5.75 Å². The van der Waals surface area contributed by atoms with Crippen molar-refractivity contribution in [2.45, 2.75) is 26.4 Å². The standard InChI is InChI=1S/C28H29Cl2N3O3/c1-3-20-4-6-21(7-5-20)28(35)33-16-14-32(15-17-33)24-11-9-23(10-12-24)31-27(34)19(2)36-26-13-8-22(29)18-25(26)30/h4-13,18-19H,3,14-17H2,1-2H3,(H,31,34)/t19-/m0/s1. The molecule has 0 radical (unpaired) electrons. The summed E-state index contributed by atoms with van der Waals surface area (Å²) in [6.45, 7) is 6.58. The number of halogens is 2. The summed E-state index contributed by atoms with van der Waals surface area (Å²) in [5.74, 6) is 0.189. The average molecular weight is 526 g/mol. The van der Waals surface area contributed by atoms with Crippen LogP contribution in [-0.4, -0.2) is 49.0 Å². The van der Waals surface area contributed by atoms with Gasteiger partial charge in [-0.3, -0.25) is 9.59 Å². The van der Waals surface area contributed by atoms with Crippen LogP contribution < -0.4 is 15.0 Å².